The summed E-state index contributed by atoms with van der Waals surface area (Å²) in [5.41, 5.74) is -5.69. The van der Waals surface area contributed by atoms with E-state index in [0.29, 0.717) is 24.3 Å². The van der Waals surface area contributed by atoms with Crippen LogP contribution in [-0.4, -0.2) is 51.2 Å². The minimum absolute atomic E-state index is 0.392. The van der Waals surface area contributed by atoms with Crippen LogP contribution in [0.3, 0.4) is 0 Å². The van der Waals surface area contributed by atoms with Crippen molar-refractivity contribution in [1.29, 1.82) is 0 Å². The highest BCUT2D eigenvalue weighted by atomic mass is 19.4. The van der Waals surface area contributed by atoms with Gasteiger partial charge in [0.2, 0.25) is 0 Å². The summed E-state index contributed by atoms with van der Waals surface area (Å²) in [6.45, 7) is 3.26. The monoisotopic (exact) mass is 358 g/mol. The van der Waals surface area contributed by atoms with Crippen molar-refractivity contribution in [3.05, 3.63) is 35.9 Å². The van der Waals surface area contributed by atoms with Crippen molar-refractivity contribution >= 4 is 0 Å². The molecule has 2 aliphatic heterocycles. The van der Waals surface area contributed by atoms with E-state index < -0.39 is 23.8 Å². The number of benzene rings is 1. The molecule has 0 saturated carbocycles. The molecule has 0 radical (unpaired) electrons. The van der Waals surface area contributed by atoms with E-state index >= 15 is 0 Å². The van der Waals surface area contributed by atoms with Gasteiger partial charge in [0, 0.05) is 5.56 Å². The molecule has 0 spiro atoms. The fourth-order valence-corrected chi connectivity index (χ4v) is 1.75. The predicted octanol–water partition coefficient (Wildman–Crippen LogP) is 3.48. The van der Waals surface area contributed by atoms with Crippen molar-refractivity contribution in [1.82, 2.24) is 0 Å². The number of epoxide rings is 2. The third-order valence-electron chi connectivity index (χ3n) is 3.32. The van der Waals surface area contributed by atoms with Crippen LogP contribution in [0.15, 0.2) is 30.3 Å². The van der Waals surface area contributed by atoms with E-state index in [-0.39, 0.29) is 0 Å². The van der Waals surface area contributed by atoms with Gasteiger partial charge in [0.1, 0.15) is 12.2 Å². The highest BCUT2D eigenvalue weighted by Gasteiger charge is 2.63. The van der Waals surface area contributed by atoms with Gasteiger partial charge in [-0.1, -0.05) is 30.3 Å². The Bertz CT molecular complexity index is 490. The molecule has 24 heavy (non-hydrogen) atoms. The summed E-state index contributed by atoms with van der Waals surface area (Å²) in [6, 6.07) is 4.81. The third-order valence-corrected chi connectivity index (χ3v) is 3.32. The van der Waals surface area contributed by atoms with Gasteiger partial charge in [-0.05, 0) is 0 Å². The van der Waals surface area contributed by atoms with E-state index in [1.807, 2.05) is 0 Å². The molecule has 136 valence electrons. The molecule has 9 heteroatoms. The van der Waals surface area contributed by atoms with Gasteiger partial charge in [0.05, 0.1) is 26.4 Å². The molecular formula is C15H16F6O3. The molecule has 0 amide bonds. The van der Waals surface area contributed by atoms with Crippen molar-refractivity contribution < 1.29 is 40.6 Å². The van der Waals surface area contributed by atoms with Gasteiger partial charge in [-0.25, -0.2) is 13.2 Å². The molecule has 3 rings (SSSR count). The Balaban J connectivity index is 0.000000194. The number of ether oxygens (including phenoxy) is 3. The summed E-state index contributed by atoms with van der Waals surface area (Å²) < 4.78 is 89.3. The number of alkyl halides is 6. The second kappa shape index (κ2) is 7.71. The van der Waals surface area contributed by atoms with Crippen molar-refractivity contribution in [3.8, 4) is 0 Å². The summed E-state index contributed by atoms with van der Waals surface area (Å²) in [5.74, 6) is 0. The highest BCUT2D eigenvalue weighted by molar-refractivity contribution is 5.25. The predicted molar refractivity (Wildman–Crippen MR) is 71.6 cm³/mol. The smallest absolute Gasteiger partial charge is 0.376 e. The lowest BCUT2D eigenvalue weighted by atomic mass is 9.95. The Morgan fingerprint density at radius 2 is 1.42 bits per heavy atom. The molecule has 2 heterocycles. The first-order valence-electron chi connectivity index (χ1n) is 7.15. The lowest BCUT2D eigenvalue weighted by molar-refractivity contribution is -0.274. The highest BCUT2D eigenvalue weighted by Crippen LogP contribution is 2.46. The fraction of sp³-hybridized carbons (Fsp3) is 0.600. The zero-order valence-electron chi connectivity index (χ0n) is 12.4. The average Bonchev–Trinajstić information content (AvgIpc) is 3.41. The number of rotatable bonds is 6. The molecule has 0 aromatic heterocycles. The van der Waals surface area contributed by atoms with E-state index in [4.69, 9.17) is 14.2 Å². The van der Waals surface area contributed by atoms with Crippen LogP contribution in [0.2, 0.25) is 0 Å². The maximum absolute atomic E-state index is 13.3. The van der Waals surface area contributed by atoms with Gasteiger partial charge in [0.15, 0.2) is 0 Å². The maximum Gasteiger partial charge on any atom is 0.432 e. The fourth-order valence-electron chi connectivity index (χ4n) is 1.75. The van der Waals surface area contributed by atoms with Gasteiger partial charge in [-0.15, -0.1) is 0 Å². The molecule has 3 unspecified atom stereocenters. The van der Waals surface area contributed by atoms with Gasteiger partial charge in [-0.3, -0.25) is 0 Å². The molecular weight excluding hydrogens is 342 g/mol. The molecule has 3 nitrogen and oxygen atoms in total. The molecule has 1 aromatic carbocycles. The molecule has 1 aromatic rings. The lowest BCUT2D eigenvalue weighted by Crippen LogP contribution is -2.44. The first-order chi connectivity index (χ1) is 11.2. The van der Waals surface area contributed by atoms with Crippen LogP contribution in [0.1, 0.15) is 5.56 Å². The average molecular weight is 358 g/mol. The Kier molecular flexibility index (Phi) is 6.11. The minimum Gasteiger partial charge on any atom is -0.376 e. The molecule has 2 fully saturated rings. The Morgan fingerprint density at radius 3 is 1.75 bits per heavy atom. The molecule has 3 atom stereocenters. The Morgan fingerprint density at radius 1 is 0.958 bits per heavy atom. The standard InChI is InChI=1S/C9H6F6.C6H10O3/c10-7(11)8(12,9(13,14)15)6-4-2-1-3-5-6;1(5-3-8-5)7-2-6-4-9-6/h1-5,7H;5-6H,1-4H2. The quantitative estimate of drug-likeness (QED) is 0.577. The van der Waals surface area contributed by atoms with Gasteiger partial charge in [0.25, 0.3) is 12.1 Å². The topological polar surface area (TPSA) is 34.3 Å². The second-order valence-corrected chi connectivity index (χ2v) is 5.32. The third kappa shape index (κ3) is 5.09. The van der Waals surface area contributed by atoms with Crippen LogP contribution in [0.25, 0.3) is 0 Å². The van der Waals surface area contributed by atoms with Crippen molar-refractivity contribution in [2.45, 2.75) is 30.5 Å². The van der Waals surface area contributed by atoms with Crippen LogP contribution in [-0.2, 0) is 19.9 Å². The van der Waals surface area contributed by atoms with Crippen LogP contribution in [0, 0.1) is 0 Å². The molecule has 0 bridgehead atoms. The summed E-state index contributed by atoms with van der Waals surface area (Å²) in [4.78, 5) is 0. The van der Waals surface area contributed by atoms with Gasteiger partial charge >= 0.3 is 6.18 Å². The van der Waals surface area contributed by atoms with Crippen molar-refractivity contribution in [2.24, 2.45) is 0 Å². The molecule has 0 aliphatic carbocycles. The zero-order valence-corrected chi connectivity index (χ0v) is 12.4. The van der Waals surface area contributed by atoms with Gasteiger partial charge < -0.3 is 14.2 Å². The number of hydrogen-bond donors (Lipinski definition) is 0. The Hall–Kier alpha value is -1.32. The largest absolute Gasteiger partial charge is 0.432 e. The lowest BCUT2D eigenvalue weighted by Gasteiger charge is -2.27. The van der Waals surface area contributed by atoms with Crippen LogP contribution < -0.4 is 0 Å². The molecule has 0 N–H and O–H groups in total. The van der Waals surface area contributed by atoms with Crippen LogP contribution in [0.4, 0.5) is 26.3 Å². The molecule has 2 aliphatic rings. The van der Waals surface area contributed by atoms with E-state index in [1.54, 1.807) is 0 Å². The first kappa shape index (κ1) is 19.0. The summed E-state index contributed by atoms with van der Waals surface area (Å²) in [6.07, 6.45) is -9.00. The van der Waals surface area contributed by atoms with Crippen LogP contribution in [0.5, 0.6) is 0 Å². The normalized spacial score (nSPS) is 24.8. The Labute approximate surface area is 134 Å². The SMILES string of the molecule is C(OCC1CO1)C1CO1.FC(F)C(F)(c1ccccc1)C(F)(F)F. The van der Waals surface area contributed by atoms with Crippen molar-refractivity contribution in [3.63, 3.8) is 0 Å². The number of hydrogen-bond acceptors (Lipinski definition) is 3. The van der Waals surface area contributed by atoms with Crippen LogP contribution >= 0.6 is 0 Å². The molecule has 2 saturated heterocycles. The van der Waals surface area contributed by atoms with E-state index in [0.717, 1.165) is 38.6 Å². The zero-order chi connectivity index (χ0) is 17.8. The van der Waals surface area contributed by atoms with E-state index in [2.05, 4.69) is 0 Å². The summed E-state index contributed by atoms with van der Waals surface area (Å²) in [5, 5.41) is 0. The maximum atomic E-state index is 13.3. The van der Waals surface area contributed by atoms with E-state index in [1.165, 1.54) is 6.07 Å². The number of halogens is 6. The summed E-state index contributed by atoms with van der Waals surface area (Å²) >= 11 is 0. The van der Waals surface area contributed by atoms with Gasteiger partial charge in [-0.2, -0.15) is 13.2 Å². The summed E-state index contributed by atoms with van der Waals surface area (Å²) in [7, 11) is 0. The first-order valence-corrected chi connectivity index (χ1v) is 7.15. The van der Waals surface area contributed by atoms with Crippen molar-refractivity contribution in [2.75, 3.05) is 26.4 Å². The minimum atomic E-state index is -5.64. The second-order valence-electron chi connectivity index (χ2n) is 5.32. The van der Waals surface area contributed by atoms with E-state index in [9.17, 15) is 26.3 Å².